The van der Waals surface area contributed by atoms with Crippen molar-refractivity contribution in [3.05, 3.63) is 0 Å². The molecule has 1 atom stereocenters. The lowest BCUT2D eigenvalue weighted by atomic mass is 10.1. The van der Waals surface area contributed by atoms with Gasteiger partial charge in [-0.25, -0.2) is 4.79 Å². The summed E-state index contributed by atoms with van der Waals surface area (Å²) in [4.78, 5) is 24.4. The Labute approximate surface area is 97.9 Å². The molecular formula is C9H12Cl2N2O2. The third-order valence-electron chi connectivity index (χ3n) is 2.80. The lowest BCUT2D eigenvalue weighted by molar-refractivity contribution is -0.130. The number of amides is 3. The molecule has 0 bridgehead atoms. The summed E-state index contributed by atoms with van der Waals surface area (Å²) in [6, 6.07) is -0.360. The molecule has 0 spiro atoms. The van der Waals surface area contributed by atoms with E-state index in [1.807, 2.05) is 0 Å². The van der Waals surface area contributed by atoms with Crippen molar-refractivity contribution < 1.29 is 9.59 Å². The third kappa shape index (κ3) is 1.81. The minimum atomic E-state index is -0.812. The second kappa shape index (κ2) is 3.01. The summed E-state index contributed by atoms with van der Waals surface area (Å²) < 4.78 is -0.757. The van der Waals surface area contributed by atoms with Gasteiger partial charge in [0.05, 0.1) is 0 Å². The van der Waals surface area contributed by atoms with E-state index in [0.29, 0.717) is 13.0 Å². The molecule has 3 amide bonds. The molecule has 84 valence electrons. The highest BCUT2D eigenvalue weighted by Gasteiger charge is 2.55. The van der Waals surface area contributed by atoms with Gasteiger partial charge in [0, 0.05) is 12.5 Å². The Hall–Kier alpha value is -0.480. The van der Waals surface area contributed by atoms with Crippen LogP contribution in [0.15, 0.2) is 0 Å². The van der Waals surface area contributed by atoms with Gasteiger partial charge in [0.15, 0.2) is 0 Å². The number of hydrogen-bond donors (Lipinski definition) is 1. The van der Waals surface area contributed by atoms with E-state index in [-0.39, 0.29) is 17.9 Å². The van der Waals surface area contributed by atoms with Crippen LogP contribution in [0.5, 0.6) is 0 Å². The van der Waals surface area contributed by atoms with Gasteiger partial charge in [-0.2, -0.15) is 0 Å². The number of nitrogens with zero attached hydrogens (tertiary/aromatic N) is 1. The molecule has 0 aromatic rings. The Morgan fingerprint density at radius 1 is 1.47 bits per heavy atom. The number of alkyl halides is 2. The summed E-state index contributed by atoms with van der Waals surface area (Å²) in [5.74, 6) is -0.215. The van der Waals surface area contributed by atoms with Gasteiger partial charge in [0.1, 0.15) is 9.87 Å². The van der Waals surface area contributed by atoms with Gasteiger partial charge >= 0.3 is 6.03 Å². The zero-order chi connectivity index (χ0) is 11.4. The zero-order valence-corrected chi connectivity index (χ0v) is 10.0. The summed E-state index contributed by atoms with van der Waals surface area (Å²) in [6.07, 6.45) is 0.633. The highest BCUT2D eigenvalue weighted by atomic mass is 35.5. The fourth-order valence-corrected chi connectivity index (χ4v) is 2.18. The first kappa shape index (κ1) is 11.0. The van der Waals surface area contributed by atoms with Crippen LogP contribution < -0.4 is 5.32 Å². The Balaban J connectivity index is 2.05. The quantitative estimate of drug-likeness (QED) is 0.597. The number of rotatable bonds is 2. The summed E-state index contributed by atoms with van der Waals surface area (Å²) >= 11 is 11.7. The maximum Gasteiger partial charge on any atom is 0.325 e. The molecule has 1 saturated carbocycles. The van der Waals surface area contributed by atoms with Crippen molar-refractivity contribution in [2.75, 3.05) is 6.54 Å². The Kier molecular flexibility index (Phi) is 2.21. The third-order valence-corrected chi connectivity index (χ3v) is 3.73. The van der Waals surface area contributed by atoms with E-state index in [9.17, 15) is 9.59 Å². The van der Waals surface area contributed by atoms with Gasteiger partial charge < -0.3 is 5.32 Å². The standard InChI is InChI=1S/C9H12Cl2N2O2/c1-8(2)6(14)13(7(15)12-8)4-5-3-9(5,10)11/h5H,3-4H2,1-2H3,(H,12,15). The highest BCUT2D eigenvalue weighted by molar-refractivity contribution is 6.50. The maximum absolute atomic E-state index is 11.8. The van der Waals surface area contributed by atoms with Crippen LogP contribution in [0.1, 0.15) is 20.3 Å². The van der Waals surface area contributed by atoms with E-state index in [2.05, 4.69) is 5.32 Å². The zero-order valence-electron chi connectivity index (χ0n) is 8.51. The Morgan fingerprint density at radius 3 is 2.33 bits per heavy atom. The lowest BCUT2D eigenvalue weighted by Crippen LogP contribution is -2.40. The summed E-state index contributed by atoms with van der Waals surface area (Å²) in [6.45, 7) is 3.66. The van der Waals surface area contributed by atoms with Crippen LogP contribution >= 0.6 is 23.2 Å². The average molecular weight is 251 g/mol. The van der Waals surface area contributed by atoms with E-state index in [1.165, 1.54) is 4.90 Å². The number of carbonyl (C=O) groups is 2. The topological polar surface area (TPSA) is 49.4 Å². The van der Waals surface area contributed by atoms with Crippen molar-refractivity contribution >= 4 is 35.1 Å². The predicted octanol–water partition coefficient (Wildman–Crippen LogP) is 1.51. The average Bonchev–Trinajstić information content (AvgIpc) is 2.61. The summed E-state index contributed by atoms with van der Waals surface area (Å²) in [7, 11) is 0. The minimum absolute atomic E-state index is 0.00410. The van der Waals surface area contributed by atoms with Crippen LogP contribution in [0.3, 0.4) is 0 Å². The molecule has 0 aromatic carbocycles. The summed E-state index contributed by atoms with van der Waals surface area (Å²) in [5, 5.41) is 2.60. The molecule has 1 saturated heterocycles. The molecule has 1 N–H and O–H groups in total. The number of hydrogen-bond acceptors (Lipinski definition) is 2. The second-order valence-electron chi connectivity index (χ2n) is 4.63. The van der Waals surface area contributed by atoms with E-state index in [0.717, 1.165) is 0 Å². The smallest absolute Gasteiger partial charge is 0.324 e. The molecule has 6 heteroatoms. The van der Waals surface area contributed by atoms with Crippen LogP contribution in [0.25, 0.3) is 0 Å². The normalized spacial score (nSPS) is 31.7. The van der Waals surface area contributed by atoms with Gasteiger partial charge in [0.2, 0.25) is 0 Å². The van der Waals surface area contributed by atoms with E-state index in [4.69, 9.17) is 23.2 Å². The Morgan fingerprint density at radius 2 is 2.00 bits per heavy atom. The number of urea groups is 1. The molecule has 2 fully saturated rings. The first-order chi connectivity index (χ1) is 6.74. The molecular weight excluding hydrogens is 239 g/mol. The van der Waals surface area contributed by atoms with Crippen molar-refractivity contribution in [3.63, 3.8) is 0 Å². The van der Waals surface area contributed by atoms with Crippen molar-refractivity contribution in [1.82, 2.24) is 10.2 Å². The molecule has 2 aliphatic rings. The molecule has 1 aliphatic carbocycles. The van der Waals surface area contributed by atoms with Crippen molar-refractivity contribution in [1.29, 1.82) is 0 Å². The molecule has 0 radical (unpaired) electrons. The first-order valence-corrected chi connectivity index (χ1v) is 5.51. The fourth-order valence-electron chi connectivity index (χ4n) is 1.67. The van der Waals surface area contributed by atoms with Crippen molar-refractivity contribution in [3.8, 4) is 0 Å². The Bertz CT molecular complexity index is 341. The van der Waals surface area contributed by atoms with E-state index < -0.39 is 9.87 Å². The molecule has 4 nitrogen and oxygen atoms in total. The van der Waals surface area contributed by atoms with E-state index in [1.54, 1.807) is 13.8 Å². The molecule has 15 heavy (non-hydrogen) atoms. The van der Waals surface area contributed by atoms with Gasteiger partial charge in [-0.1, -0.05) is 0 Å². The number of carbonyl (C=O) groups excluding carboxylic acids is 2. The van der Waals surface area contributed by atoms with Gasteiger partial charge in [-0.05, 0) is 20.3 Å². The summed E-state index contributed by atoms with van der Waals surface area (Å²) in [5.41, 5.74) is -0.812. The first-order valence-electron chi connectivity index (χ1n) is 4.76. The maximum atomic E-state index is 11.8. The lowest BCUT2D eigenvalue weighted by Gasteiger charge is -2.15. The fraction of sp³-hybridized carbons (Fsp3) is 0.778. The highest BCUT2D eigenvalue weighted by Crippen LogP contribution is 2.53. The largest absolute Gasteiger partial charge is 0.325 e. The van der Waals surface area contributed by atoms with E-state index >= 15 is 0 Å². The number of halogens is 2. The molecule has 1 unspecified atom stereocenters. The van der Waals surface area contributed by atoms with Crippen molar-refractivity contribution in [2.45, 2.75) is 30.1 Å². The van der Waals surface area contributed by atoms with Crippen LogP contribution in [-0.2, 0) is 4.79 Å². The van der Waals surface area contributed by atoms with Gasteiger partial charge in [0.25, 0.3) is 5.91 Å². The monoisotopic (exact) mass is 250 g/mol. The number of imide groups is 1. The van der Waals surface area contributed by atoms with Gasteiger partial charge in [-0.3, -0.25) is 9.69 Å². The minimum Gasteiger partial charge on any atom is -0.324 e. The molecule has 0 aromatic heterocycles. The SMILES string of the molecule is CC1(C)NC(=O)N(CC2CC2(Cl)Cl)C1=O. The molecule has 2 rings (SSSR count). The predicted molar refractivity (Wildman–Crippen MR) is 56.9 cm³/mol. The van der Waals surface area contributed by atoms with Crippen LogP contribution in [0.4, 0.5) is 4.79 Å². The van der Waals surface area contributed by atoms with Crippen molar-refractivity contribution in [2.24, 2.45) is 5.92 Å². The molecule has 1 heterocycles. The van der Waals surface area contributed by atoms with Crippen LogP contribution in [0, 0.1) is 5.92 Å². The number of nitrogens with one attached hydrogen (secondary N) is 1. The second-order valence-corrected chi connectivity index (χ2v) is 6.18. The van der Waals surface area contributed by atoms with Gasteiger partial charge in [-0.15, -0.1) is 23.2 Å². The van der Waals surface area contributed by atoms with Crippen LogP contribution in [-0.4, -0.2) is 33.3 Å². The molecule has 1 aliphatic heterocycles. The van der Waals surface area contributed by atoms with Crippen LogP contribution in [0.2, 0.25) is 0 Å².